The van der Waals surface area contributed by atoms with Crippen LogP contribution >= 0.6 is 11.8 Å². The molecule has 0 amide bonds. The molecule has 208 valence electrons. The Kier molecular flexibility index (Phi) is 8.26. The minimum atomic E-state index is -3.44. The summed E-state index contributed by atoms with van der Waals surface area (Å²) in [5.41, 5.74) is 4.53. The number of benzene rings is 3. The second kappa shape index (κ2) is 11.7. The van der Waals surface area contributed by atoms with Crippen molar-refractivity contribution in [3.8, 4) is 0 Å². The highest BCUT2D eigenvalue weighted by Gasteiger charge is 2.45. The van der Waals surface area contributed by atoms with Crippen molar-refractivity contribution in [3.05, 3.63) is 119 Å². The van der Waals surface area contributed by atoms with Crippen molar-refractivity contribution in [2.75, 3.05) is 12.8 Å². The van der Waals surface area contributed by atoms with Gasteiger partial charge < -0.3 is 0 Å². The van der Waals surface area contributed by atoms with Crippen molar-refractivity contribution in [1.82, 2.24) is 19.3 Å². The van der Waals surface area contributed by atoms with Gasteiger partial charge in [0.15, 0.2) is 11.5 Å². The van der Waals surface area contributed by atoms with Gasteiger partial charge in [0.25, 0.3) is 0 Å². The first kappa shape index (κ1) is 28.3. The van der Waals surface area contributed by atoms with Gasteiger partial charge in [-0.3, -0.25) is 4.79 Å². The molecule has 3 aromatic carbocycles. The second-order valence-electron chi connectivity index (χ2n) is 10.3. The maximum atomic E-state index is 13.0. The molecule has 1 saturated heterocycles. The highest BCUT2D eigenvalue weighted by Crippen LogP contribution is 2.52. The molecular formula is C31H34N4O3S2. The fraction of sp³-hybridized carbons (Fsp3) is 0.323. The summed E-state index contributed by atoms with van der Waals surface area (Å²) in [6.07, 6.45) is 2.58. The van der Waals surface area contributed by atoms with Gasteiger partial charge in [-0.15, -0.1) is 16.9 Å². The van der Waals surface area contributed by atoms with Gasteiger partial charge in [0.1, 0.15) is 0 Å². The number of hydrogen-bond acceptors (Lipinski definition) is 6. The maximum absolute atomic E-state index is 13.0. The lowest BCUT2D eigenvalue weighted by atomic mass is 9.84. The number of Topliss-reactive ketones (excluding diaryl/α,β-unsaturated/α-hetero) is 1. The van der Waals surface area contributed by atoms with Crippen LogP contribution in [0.4, 0.5) is 0 Å². The fourth-order valence-electron chi connectivity index (χ4n) is 5.74. The highest BCUT2D eigenvalue weighted by molar-refractivity contribution is 8.01. The largest absolute Gasteiger partial charge is 0.293 e. The van der Waals surface area contributed by atoms with E-state index in [-0.39, 0.29) is 17.1 Å². The first-order valence-corrected chi connectivity index (χ1v) is 16.1. The second-order valence-corrected chi connectivity index (χ2v) is 13.8. The zero-order chi connectivity index (χ0) is 28.3. The monoisotopic (exact) mass is 574 g/mol. The highest BCUT2D eigenvalue weighted by atomic mass is 32.2. The summed E-state index contributed by atoms with van der Waals surface area (Å²) in [7, 11) is -3.44. The lowest BCUT2D eigenvalue weighted by Crippen LogP contribution is -2.36. The van der Waals surface area contributed by atoms with E-state index in [1.807, 2.05) is 36.9 Å². The molecular weight excluding hydrogens is 541 g/mol. The van der Waals surface area contributed by atoms with Crippen LogP contribution in [-0.2, 0) is 21.3 Å². The van der Waals surface area contributed by atoms with Gasteiger partial charge in [-0.05, 0) is 36.5 Å². The Hall–Kier alpha value is -3.27. The third kappa shape index (κ3) is 5.64. The zero-order valence-corrected chi connectivity index (χ0v) is 24.6. The van der Waals surface area contributed by atoms with E-state index < -0.39 is 14.8 Å². The Morgan fingerprint density at radius 1 is 0.925 bits per heavy atom. The number of carbonyl (C=O) groups is 1. The first-order chi connectivity index (χ1) is 19.2. The Bertz CT molecular complexity index is 1460. The molecule has 2 unspecified atom stereocenters. The van der Waals surface area contributed by atoms with Crippen LogP contribution < -0.4 is 0 Å². The van der Waals surface area contributed by atoms with Gasteiger partial charge in [-0.2, -0.15) is 4.31 Å². The number of hydrogen-bond donors (Lipinski definition) is 0. The van der Waals surface area contributed by atoms with Crippen LogP contribution in [0.5, 0.6) is 0 Å². The van der Waals surface area contributed by atoms with Crippen LogP contribution in [0.25, 0.3) is 0 Å². The molecule has 0 bridgehead atoms. The lowest BCUT2D eigenvalue weighted by Gasteiger charge is -2.37. The number of carbonyl (C=O) groups excluding carboxylic acids is 1. The Morgan fingerprint density at radius 2 is 1.43 bits per heavy atom. The summed E-state index contributed by atoms with van der Waals surface area (Å²) in [6.45, 7) is 4.22. The fourth-order valence-corrected chi connectivity index (χ4v) is 8.89. The predicted octanol–water partition coefficient (Wildman–Crippen LogP) is 5.31. The molecule has 1 aliphatic rings. The van der Waals surface area contributed by atoms with Crippen molar-refractivity contribution in [3.63, 3.8) is 0 Å². The number of thioether (sulfide) groups is 1. The number of rotatable bonds is 10. The van der Waals surface area contributed by atoms with E-state index in [0.717, 1.165) is 16.7 Å². The van der Waals surface area contributed by atoms with Crippen molar-refractivity contribution >= 4 is 27.6 Å². The van der Waals surface area contributed by atoms with Crippen molar-refractivity contribution in [2.45, 2.75) is 49.3 Å². The molecule has 40 heavy (non-hydrogen) atoms. The van der Waals surface area contributed by atoms with Crippen molar-refractivity contribution in [2.24, 2.45) is 0 Å². The first-order valence-electron chi connectivity index (χ1n) is 13.4. The van der Waals surface area contributed by atoms with Crippen LogP contribution in [0.3, 0.4) is 0 Å². The summed E-state index contributed by atoms with van der Waals surface area (Å²) >= 11 is 1.83. The zero-order valence-electron chi connectivity index (χ0n) is 23.0. The van der Waals surface area contributed by atoms with Crippen LogP contribution in [0.15, 0.2) is 91.0 Å². The van der Waals surface area contributed by atoms with Crippen molar-refractivity contribution in [1.29, 1.82) is 0 Å². The van der Waals surface area contributed by atoms with Crippen LogP contribution in [-0.4, -0.2) is 57.6 Å². The SMILES string of the molecule is CC(=O)c1nnn(CCC2CC(SC(c3ccccc3)(c3ccccc3)c3ccccc3)CN2S(C)(=O)=O)c1C. The van der Waals surface area contributed by atoms with E-state index in [2.05, 4.69) is 83.1 Å². The summed E-state index contributed by atoms with van der Waals surface area (Å²) < 4.78 is 28.8. The van der Waals surface area contributed by atoms with E-state index in [1.165, 1.54) is 13.2 Å². The molecule has 0 aliphatic carbocycles. The third-order valence-corrected chi connectivity index (χ3v) is 10.7. The summed E-state index contributed by atoms with van der Waals surface area (Å²) in [5, 5.41) is 8.22. The quantitative estimate of drug-likeness (QED) is 0.189. The van der Waals surface area contributed by atoms with Gasteiger partial charge >= 0.3 is 0 Å². The average molecular weight is 575 g/mol. The summed E-state index contributed by atoms with van der Waals surface area (Å²) in [6, 6.07) is 31.2. The lowest BCUT2D eigenvalue weighted by molar-refractivity contribution is 0.101. The topological polar surface area (TPSA) is 85.2 Å². The number of nitrogens with zero attached hydrogens (tertiary/aromatic N) is 4. The van der Waals surface area contributed by atoms with E-state index in [0.29, 0.717) is 37.3 Å². The number of sulfonamides is 1. The normalized spacial score (nSPS) is 18.2. The van der Waals surface area contributed by atoms with Crippen LogP contribution in [0.2, 0.25) is 0 Å². The number of ketones is 1. The van der Waals surface area contributed by atoms with Crippen LogP contribution in [0, 0.1) is 6.92 Å². The molecule has 2 heterocycles. The maximum Gasteiger partial charge on any atom is 0.211 e. The molecule has 5 rings (SSSR count). The van der Waals surface area contributed by atoms with E-state index in [9.17, 15) is 13.2 Å². The van der Waals surface area contributed by atoms with E-state index >= 15 is 0 Å². The number of aryl methyl sites for hydroxylation is 1. The molecule has 0 saturated carbocycles. The molecule has 0 spiro atoms. The smallest absolute Gasteiger partial charge is 0.211 e. The van der Waals surface area contributed by atoms with E-state index in [1.54, 1.807) is 8.99 Å². The van der Waals surface area contributed by atoms with Gasteiger partial charge in [0.2, 0.25) is 10.0 Å². The van der Waals surface area contributed by atoms with Crippen molar-refractivity contribution < 1.29 is 13.2 Å². The van der Waals surface area contributed by atoms with E-state index in [4.69, 9.17) is 0 Å². The third-order valence-electron chi connectivity index (χ3n) is 7.63. The average Bonchev–Trinajstić information content (AvgIpc) is 3.55. The van der Waals surface area contributed by atoms with Gasteiger partial charge in [0.05, 0.1) is 16.7 Å². The minimum Gasteiger partial charge on any atom is -0.293 e. The van der Waals surface area contributed by atoms with Gasteiger partial charge in [0, 0.05) is 31.3 Å². The molecule has 9 heteroatoms. The molecule has 1 aromatic heterocycles. The Labute approximate surface area is 240 Å². The molecule has 0 N–H and O–H groups in total. The Morgan fingerprint density at radius 3 is 1.85 bits per heavy atom. The molecule has 7 nitrogen and oxygen atoms in total. The molecule has 1 aliphatic heterocycles. The molecule has 2 atom stereocenters. The van der Waals surface area contributed by atoms with Gasteiger partial charge in [-0.1, -0.05) is 96.2 Å². The van der Waals surface area contributed by atoms with Gasteiger partial charge in [-0.25, -0.2) is 13.1 Å². The molecule has 0 radical (unpaired) electrons. The molecule has 1 fully saturated rings. The van der Waals surface area contributed by atoms with Crippen LogP contribution in [0.1, 0.15) is 52.6 Å². The minimum absolute atomic E-state index is 0.0463. The number of aromatic nitrogens is 3. The molecule has 4 aromatic rings. The standard InChI is InChI=1S/C31H34N4O3S2/c1-23-30(24(2)36)32-33-34(23)20-19-28-21-29(22-35(28)40(3,37)38)39-31(25-13-7-4-8-14-25,26-15-9-5-10-16-26)27-17-11-6-12-18-27/h4-18,28-29H,19-22H2,1-3H3. The summed E-state index contributed by atoms with van der Waals surface area (Å²) in [5.74, 6) is -0.127. The predicted molar refractivity (Wildman–Crippen MR) is 160 cm³/mol. The Balaban J connectivity index is 1.50. The summed E-state index contributed by atoms with van der Waals surface area (Å²) in [4.78, 5) is 11.8.